The lowest BCUT2D eigenvalue weighted by Gasteiger charge is -2.70. The van der Waals surface area contributed by atoms with E-state index in [1.165, 1.54) is 0 Å². The Kier molecular flexibility index (Phi) is 5.26. The number of nitrogens with one attached hydrogen (secondary N) is 1. The van der Waals surface area contributed by atoms with Crippen LogP contribution in [0.4, 0.5) is 0 Å². The lowest BCUT2D eigenvalue weighted by Crippen LogP contribution is -2.80. The molecule has 10 rings (SSSR count). The average molecular weight is 666 g/mol. The van der Waals surface area contributed by atoms with Crippen molar-refractivity contribution in [1.29, 1.82) is 0 Å². The highest BCUT2D eigenvalue weighted by Crippen LogP contribution is 2.76. The van der Waals surface area contributed by atoms with E-state index in [4.69, 9.17) is 30.5 Å². The molecule has 10 heteroatoms. The first-order valence-electron chi connectivity index (χ1n) is 17.2. The lowest BCUT2D eigenvalue weighted by atomic mass is 9.39. The summed E-state index contributed by atoms with van der Waals surface area (Å²) in [6.07, 6.45) is -0.935. The zero-order valence-corrected chi connectivity index (χ0v) is 28.3. The van der Waals surface area contributed by atoms with Crippen molar-refractivity contribution in [3.8, 4) is 0 Å². The molecule has 0 radical (unpaired) electrons. The second kappa shape index (κ2) is 8.22. The Morgan fingerprint density at radius 2 is 1.81 bits per heavy atom. The van der Waals surface area contributed by atoms with Crippen LogP contribution in [0.25, 0.3) is 10.9 Å². The quantitative estimate of drug-likeness (QED) is 0.218. The van der Waals surface area contributed by atoms with Gasteiger partial charge in [0.15, 0.2) is 17.7 Å². The summed E-state index contributed by atoms with van der Waals surface area (Å²) in [7, 11) is 0. The molecular weight excluding hydrogens is 622 g/mol. The van der Waals surface area contributed by atoms with E-state index in [2.05, 4.69) is 18.1 Å². The molecular formula is C37H44ClNO8. The van der Waals surface area contributed by atoms with Crippen LogP contribution in [-0.2, 0) is 36.4 Å². The van der Waals surface area contributed by atoms with Crippen LogP contribution in [0.3, 0.4) is 0 Å². The molecule has 0 bridgehead atoms. The summed E-state index contributed by atoms with van der Waals surface area (Å²) in [5, 5.41) is 51.6. The first-order valence-corrected chi connectivity index (χ1v) is 17.5. The maximum atomic E-state index is 13.2. The van der Waals surface area contributed by atoms with Crippen LogP contribution in [0.5, 0.6) is 0 Å². The molecule has 47 heavy (non-hydrogen) atoms. The minimum Gasteiger partial charge on any atom is -0.387 e. The molecule has 5 heterocycles. The molecule has 5 N–H and O–H groups in total. The summed E-state index contributed by atoms with van der Waals surface area (Å²) < 4.78 is 26.7. The van der Waals surface area contributed by atoms with Gasteiger partial charge < -0.3 is 44.4 Å². The van der Waals surface area contributed by atoms with Gasteiger partial charge in [0.05, 0.1) is 17.1 Å². The van der Waals surface area contributed by atoms with Gasteiger partial charge in [-0.3, -0.25) is 0 Å². The molecule has 4 aliphatic heterocycles. The number of aromatic amines is 1. The fourth-order valence-corrected chi connectivity index (χ4v) is 12.7. The normalized spacial score (nSPS) is 52.6. The van der Waals surface area contributed by atoms with E-state index in [1.807, 2.05) is 40.7 Å². The third-order valence-corrected chi connectivity index (χ3v) is 15.4. The van der Waals surface area contributed by atoms with E-state index in [-0.39, 0.29) is 24.7 Å². The van der Waals surface area contributed by atoms with Gasteiger partial charge in [-0.2, -0.15) is 0 Å². The van der Waals surface area contributed by atoms with Gasteiger partial charge in [0.2, 0.25) is 0 Å². The van der Waals surface area contributed by atoms with Crippen LogP contribution in [0.2, 0.25) is 5.02 Å². The number of H-pyrrole nitrogens is 1. The SMILES string of the molecule is C=C(C)[C@H]1O[C@H]2CC[C@@]3(C)[C@@](O)(CC[C@]4(O)O[C@@H]5OC(C)(C)[C@H]6C[C@@H]7C(=C)Cc8c(Cl)cc9[nH]c(c5c9c8[C@@]76O)[C@]34C)[C@]23O[C@@H]3[C@H]1O. The number of benzene rings is 1. The largest absolute Gasteiger partial charge is 0.387 e. The molecule has 4 aliphatic carbocycles. The molecule has 13 atom stereocenters. The van der Waals surface area contributed by atoms with Crippen molar-refractivity contribution >= 4 is 22.5 Å². The van der Waals surface area contributed by atoms with E-state index in [0.29, 0.717) is 35.6 Å². The standard InChI is InChI=1S/C37H44ClNO8/c1-15(2)27-26(40)29-37(45-29)22(44-27)8-9-32(6)33(7)28-24-23-20(39-28)14-19(38)17-12-16(3)18-13-21(36(18,43)25(17)23)31(4,5)46-30(24)47-35(33,42)11-10-34(32,37)41/h14,18,21-22,26-27,29-30,39-43H,1,3,8-13H2,2,4-7H3/t18-,21-,22+,26+,27-,29-,30+,32-,33-,34+,35+,36-,37+/m1/s1. The predicted octanol–water partition coefficient (Wildman–Crippen LogP) is 4.71. The number of aliphatic hydroxyl groups excluding tert-OH is 1. The van der Waals surface area contributed by atoms with Crippen LogP contribution in [0.1, 0.15) is 95.4 Å². The number of aliphatic hydroxyl groups is 4. The number of aromatic nitrogens is 1. The third-order valence-electron chi connectivity index (χ3n) is 15.1. The molecule has 8 aliphatic rings. The van der Waals surface area contributed by atoms with Crippen LogP contribution in [-0.4, -0.2) is 72.4 Å². The van der Waals surface area contributed by atoms with Gasteiger partial charge in [-0.25, -0.2) is 0 Å². The number of epoxide rings is 1. The summed E-state index contributed by atoms with van der Waals surface area (Å²) in [6, 6.07) is 1.90. The number of rotatable bonds is 1. The minimum atomic E-state index is -1.74. The Hall–Kier alpha value is -1.79. The summed E-state index contributed by atoms with van der Waals surface area (Å²) in [5.74, 6) is -2.11. The monoisotopic (exact) mass is 665 g/mol. The highest BCUT2D eigenvalue weighted by atomic mass is 35.5. The van der Waals surface area contributed by atoms with Crippen molar-refractivity contribution in [2.45, 2.75) is 137 Å². The topological polar surface area (TPSA) is 137 Å². The molecule has 5 fully saturated rings. The first kappa shape index (κ1) is 30.1. The van der Waals surface area contributed by atoms with Crippen LogP contribution < -0.4 is 0 Å². The Balaban J connectivity index is 1.23. The van der Waals surface area contributed by atoms with Crippen molar-refractivity contribution in [1.82, 2.24) is 4.98 Å². The van der Waals surface area contributed by atoms with E-state index in [1.54, 1.807) is 0 Å². The van der Waals surface area contributed by atoms with Gasteiger partial charge in [0.25, 0.3) is 0 Å². The molecule has 252 valence electrons. The van der Waals surface area contributed by atoms with Crippen molar-refractivity contribution in [2.24, 2.45) is 17.3 Å². The molecule has 1 spiro atoms. The Morgan fingerprint density at radius 3 is 2.53 bits per heavy atom. The summed E-state index contributed by atoms with van der Waals surface area (Å²) in [5.41, 5.74) is -1.38. The minimum absolute atomic E-state index is 0.101. The number of fused-ring (bicyclic) bond motifs is 4. The van der Waals surface area contributed by atoms with E-state index >= 15 is 0 Å². The smallest absolute Gasteiger partial charge is 0.190 e. The Bertz CT molecular complexity index is 1870. The van der Waals surface area contributed by atoms with Gasteiger partial charge in [0.1, 0.15) is 29.5 Å². The molecule has 2 saturated heterocycles. The molecule has 1 aromatic carbocycles. The summed E-state index contributed by atoms with van der Waals surface area (Å²) >= 11 is 7.05. The maximum Gasteiger partial charge on any atom is 0.190 e. The van der Waals surface area contributed by atoms with Crippen LogP contribution in [0.15, 0.2) is 30.4 Å². The maximum absolute atomic E-state index is 13.2. The number of halogens is 1. The number of hydrogen-bond donors (Lipinski definition) is 5. The second-order valence-corrected chi connectivity index (χ2v) is 17.5. The summed E-state index contributed by atoms with van der Waals surface area (Å²) in [4.78, 5) is 3.69. The van der Waals surface area contributed by atoms with Gasteiger partial charge in [-0.1, -0.05) is 37.3 Å². The van der Waals surface area contributed by atoms with E-state index < -0.39 is 69.7 Å². The van der Waals surface area contributed by atoms with Crippen LogP contribution in [0, 0.1) is 17.3 Å². The third kappa shape index (κ3) is 2.85. The Morgan fingerprint density at radius 1 is 1.06 bits per heavy atom. The Labute approximate surface area is 278 Å². The highest BCUT2D eigenvalue weighted by Gasteiger charge is 2.88. The van der Waals surface area contributed by atoms with Crippen molar-refractivity contribution in [3.05, 3.63) is 57.8 Å². The summed E-state index contributed by atoms with van der Waals surface area (Å²) in [6.45, 7) is 18.2. The zero-order chi connectivity index (χ0) is 33.2. The molecule has 0 unspecified atom stereocenters. The second-order valence-electron chi connectivity index (χ2n) is 17.1. The molecule has 1 aromatic heterocycles. The molecule has 2 aromatic rings. The highest BCUT2D eigenvalue weighted by molar-refractivity contribution is 6.32. The van der Waals surface area contributed by atoms with Crippen molar-refractivity contribution in [2.75, 3.05) is 0 Å². The van der Waals surface area contributed by atoms with Gasteiger partial charge in [-0.15, -0.1) is 0 Å². The lowest BCUT2D eigenvalue weighted by molar-refractivity contribution is -0.407. The predicted molar refractivity (Wildman–Crippen MR) is 172 cm³/mol. The first-order chi connectivity index (χ1) is 21.9. The van der Waals surface area contributed by atoms with Crippen LogP contribution >= 0.6 is 11.6 Å². The van der Waals surface area contributed by atoms with Gasteiger partial charge >= 0.3 is 0 Å². The molecule has 0 amide bonds. The van der Waals surface area contributed by atoms with Crippen molar-refractivity contribution < 1.29 is 39.4 Å². The fraction of sp³-hybridized carbons (Fsp3) is 0.676. The zero-order valence-electron chi connectivity index (χ0n) is 27.6. The fourth-order valence-electron chi connectivity index (χ4n) is 12.4. The van der Waals surface area contributed by atoms with Gasteiger partial charge in [-0.05, 0) is 82.6 Å². The van der Waals surface area contributed by atoms with E-state index in [0.717, 1.165) is 39.6 Å². The van der Waals surface area contributed by atoms with Crippen molar-refractivity contribution in [3.63, 3.8) is 0 Å². The number of ether oxygens (including phenoxy) is 4. The average Bonchev–Trinajstić information content (AvgIpc) is 3.64. The van der Waals surface area contributed by atoms with Gasteiger partial charge in [0, 0.05) is 50.9 Å². The number of hydrogen-bond acceptors (Lipinski definition) is 8. The molecule has 9 nitrogen and oxygen atoms in total. The van der Waals surface area contributed by atoms with E-state index in [9.17, 15) is 20.4 Å². The molecule has 3 saturated carbocycles.